The van der Waals surface area contributed by atoms with Gasteiger partial charge in [-0.2, -0.15) is 4.68 Å². The molecular formula is C19H20N5O3S+. The number of rotatable bonds is 5. The van der Waals surface area contributed by atoms with Crippen LogP contribution in [0, 0.1) is 15.0 Å². The van der Waals surface area contributed by atoms with Gasteiger partial charge in [-0.1, -0.05) is 24.3 Å². The van der Waals surface area contributed by atoms with E-state index < -0.39 is 4.92 Å². The van der Waals surface area contributed by atoms with Gasteiger partial charge in [0.15, 0.2) is 6.67 Å². The van der Waals surface area contributed by atoms with Gasteiger partial charge in [0.25, 0.3) is 10.5 Å². The number of para-hydroxylation sites is 1. The third-order valence-corrected chi connectivity index (χ3v) is 5.17. The minimum absolute atomic E-state index is 0.00386. The maximum Gasteiger partial charge on any atom is 0.292 e. The standard InChI is InChI=1S/C19H19N5O3S/c25-24(26)17-8-4-5-15(13-17)18-20-23(19(28)27-18)14-21-9-11-22(12-10-21)16-6-2-1-3-7-16/h1-8,13H,9-12,14H2/p+1. The highest BCUT2D eigenvalue weighted by Gasteiger charge is 2.22. The first-order valence-corrected chi connectivity index (χ1v) is 9.47. The molecule has 28 heavy (non-hydrogen) atoms. The fourth-order valence-electron chi connectivity index (χ4n) is 3.37. The van der Waals surface area contributed by atoms with Crippen molar-refractivity contribution in [2.24, 2.45) is 0 Å². The topological polar surface area (TPSA) is 81.8 Å². The number of hydrogen-bond acceptors (Lipinski definition) is 6. The van der Waals surface area contributed by atoms with Gasteiger partial charge in [0.05, 0.1) is 31.1 Å². The van der Waals surface area contributed by atoms with Crippen LogP contribution in [-0.2, 0) is 6.67 Å². The van der Waals surface area contributed by atoms with Gasteiger partial charge in [-0.15, -0.1) is 5.10 Å². The van der Waals surface area contributed by atoms with Gasteiger partial charge < -0.3 is 14.2 Å². The summed E-state index contributed by atoms with van der Waals surface area (Å²) in [6.45, 7) is 4.47. The van der Waals surface area contributed by atoms with E-state index in [0.717, 1.165) is 26.2 Å². The smallest absolute Gasteiger partial charge is 0.292 e. The van der Waals surface area contributed by atoms with E-state index in [1.54, 1.807) is 16.8 Å². The van der Waals surface area contributed by atoms with Crippen molar-refractivity contribution < 1.29 is 14.2 Å². The Balaban J connectivity index is 1.43. The summed E-state index contributed by atoms with van der Waals surface area (Å²) < 4.78 is 7.25. The van der Waals surface area contributed by atoms with Gasteiger partial charge in [-0.05, 0) is 30.4 Å². The molecule has 2 heterocycles. The molecule has 1 saturated heterocycles. The van der Waals surface area contributed by atoms with Crippen LogP contribution in [0.1, 0.15) is 0 Å². The van der Waals surface area contributed by atoms with Crippen LogP contribution in [0.3, 0.4) is 0 Å². The monoisotopic (exact) mass is 398 g/mol. The van der Waals surface area contributed by atoms with Crippen LogP contribution in [0.5, 0.6) is 0 Å². The van der Waals surface area contributed by atoms with Gasteiger partial charge in [-0.25, -0.2) is 0 Å². The molecule has 0 spiro atoms. The van der Waals surface area contributed by atoms with Crippen LogP contribution in [0.4, 0.5) is 11.4 Å². The first kappa shape index (κ1) is 18.3. The Bertz CT molecular complexity index is 1030. The maximum absolute atomic E-state index is 11.0. The second-order valence-electron chi connectivity index (χ2n) is 6.71. The average molecular weight is 398 g/mol. The Morgan fingerprint density at radius 1 is 1.14 bits per heavy atom. The van der Waals surface area contributed by atoms with Gasteiger partial charge >= 0.3 is 0 Å². The summed E-state index contributed by atoms with van der Waals surface area (Å²) in [5.41, 5.74) is 1.78. The molecule has 9 heteroatoms. The molecule has 0 unspecified atom stereocenters. The van der Waals surface area contributed by atoms with Crippen molar-refractivity contribution in [3.8, 4) is 11.5 Å². The quantitative estimate of drug-likeness (QED) is 0.403. The first-order chi connectivity index (χ1) is 13.6. The largest absolute Gasteiger partial charge is 0.409 e. The summed E-state index contributed by atoms with van der Waals surface area (Å²) in [5.74, 6) is 0.302. The molecule has 0 bridgehead atoms. The summed E-state index contributed by atoms with van der Waals surface area (Å²) in [6.07, 6.45) is 0. The van der Waals surface area contributed by atoms with E-state index in [9.17, 15) is 10.1 Å². The van der Waals surface area contributed by atoms with Crippen molar-refractivity contribution in [1.29, 1.82) is 0 Å². The van der Waals surface area contributed by atoms with Crippen LogP contribution in [0.15, 0.2) is 59.0 Å². The summed E-state index contributed by atoms with van der Waals surface area (Å²) in [4.78, 5) is 14.5. The number of benzene rings is 2. The molecule has 0 amide bonds. The lowest BCUT2D eigenvalue weighted by molar-refractivity contribution is -0.924. The third-order valence-electron chi connectivity index (χ3n) is 4.88. The number of anilines is 1. The average Bonchev–Trinajstić information content (AvgIpc) is 3.10. The van der Waals surface area contributed by atoms with Crippen LogP contribution in [-0.4, -0.2) is 40.9 Å². The summed E-state index contributed by atoms with van der Waals surface area (Å²) in [5, 5.41) is 15.4. The van der Waals surface area contributed by atoms with E-state index in [1.165, 1.54) is 22.7 Å². The summed E-state index contributed by atoms with van der Waals surface area (Å²) in [6, 6.07) is 16.6. The minimum Gasteiger partial charge on any atom is -0.409 e. The molecule has 144 valence electrons. The van der Waals surface area contributed by atoms with Gasteiger partial charge in [0.2, 0.25) is 5.89 Å². The molecule has 1 aromatic heterocycles. The molecule has 0 radical (unpaired) electrons. The fourth-order valence-corrected chi connectivity index (χ4v) is 3.55. The Morgan fingerprint density at radius 3 is 2.61 bits per heavy atom. The van der Waals surface area contributed by atoms with E-state index in [-0.39, 0.29) is 10.5 Å². The zero-order valence-electron chi connectivity index (χ0n) is 15.2. The van der Waals surface area contributed by atoms with Crippen LogP contribution in [0.2, 0.25) is 0 Å². The van der Waals surface area contributed by atoms with E-state index in [1.807, 2.05) is 6.07 Å². The highest BCUT2D eigenvalue weighted by atomic mass is 32.1. The van der Waals surface area contributed by atoms with Crippen molar-refractivity contribution >= 4 is 23.6 Å². The van der Waals surface area contributed by atoms with Gasteiger partial charge in [0, 0.05) is 23.4 Å². The van der Waals surface area contributed by atoms with Crippen LogP contribution < -0.4 is 9.80 Å². The predicted molar refractivity (Wildman–Crippen MR) is 107 cm³/mol. The molecule has 0 aliphatic carbocycles. The molecule has 4 rings (SSSR count). The Kier molecular flexibility index (Phi) is 5.18. The van der Waals surface area contributed by atoms with Crippen molar-refractivity contribution in [2.75, 3.05) is 31.1 Å². The van der Waals surface area contributed by atoms with Gasteiger partial charge in [0.1, 0.15) is 0 Å². The number of nitro groups is 1. The molecule has 8 nitrogen and oxygen atoms in total. The zero-order valence-corrected chi connectivity index (χ0v) is 16.0. The SMILES string of the molecule is O=[N+]([O-])c1cccc(-c2nn(C[NH+]3CCN(c4ccccc4)CC3)c(=S)o2)c1. The molecule has 1 fully saturated rings. The van der Waals surface area contributed by atoms with Crippen LogP contribution in [0.25, 0.3) is 11.5 Å². The molecule has 1 aliphatic heterocycles. The Hall–Kier alpha value is -3.04. The zero-order chi connectivity index (χ0) is 19.5. The summed E-state index contributed by atoms with van der Waals surface area (Å²) >= 11 is 5.30. The number of quaternary nitrogens is 1. The van der Waals surface area contributed by atoms with Crippen molar-refractivity contribution in [1.82, 2.24) is 9.78 Å². The van der Waals surface area contributed by atoms with E-state index in [0.29, 0.717) is 18.1 Å². The lowest BCUT2D eigenvalue weighted by Gasteiger charge is -2.33. The third kappa shape index (κ3) is 3.95. The molecule has 2 aromatic carbocycles. The van der Waals surface area contributed by atoms with Gasteiger partial charge in [-0.3, -0.25) is 10.1 Å². The van der Waals surface area contributed by atoms with Crippen LogP contribution >= 0.6 is 12.2 Å². The number of nitrogens with one attached hydrogen (secondary N) is 1. The second-order valence-corrected chi connectivity index (χ2v) is 7.06. The second kappa shape index (κ2) is 7.91. The minimum atomic E-state index is -0.439. The normalized spacial score (nSPS) is 14.9. The first-order valence-electron chi connectivity index (χ1n) is 9.06. The number of hydrogen-bond donors (Lipinski definition) is 1. The van der Waals surface area contributed by atoms with Crippen molar-refractivity contribution in [3.05, 3.63) is 69.5 Å². The maximum atomic E-state index is 11.0. The molecule has 1 N–H and O–H groups in total. The molecule has 1 aliphatic rings. The summed E-state index contributed by atoms with van der Waals surface area (Å²) in [7, 11) is 0. The molecule has 0 saturated carbocycles. The van der Waals surface area contributed by atoms with Crippen molar-refractivity contribution in [3.63, 3.8) is 0 Å². The number of nitro benzene ring substituents is 1. The molecule has 3 aromatic rings. The lowest BCUT2D eigenvalue weighted by Crippen LogP contribution is -3.14. The highest BCUT2D eigenvalue weighted by molar-refractivity contribution is 7.71. The number of non-ortho nitro benzene ring substituents is 1. The Labute approximate surface area is 166 Å². The predicted octanol–water partition coefficient (Wildman–Crippen LogP) is 2.14. The van der Waals surface area contributed by atoms with E-state index >= 15 is 0 Å². The number of aromatic nitrogens is 2. The fraction of sp³-hybridized carbons (Fsp3) is 0.263. The van der Waals surface area contributed by atoms with E-state index in [4.69, 9.17) is 16.6 Å². The molecular weight excluding hydrogens is 378 g/mol. The molecule has 0 atom stereocenters. The van der Waals surface area contributed by atoms with Crippen molar-refractivity contribution in [2.45, 2.75) is 6.67 Å². The van der Waals surface area contributed by atoms with E-state index in [2.05, 4.69) is 34.3 Å². The Morgan fingerprint density at radius 2 is 1.89 bits per heavy atom. The number of nitrogens with zero attached hydrogens (tertiary/aromatic N) is 4. The lowest BCUT2D eigenvalue weighted by atomic mass is 10.2. The highest BCUT2D eigenvalue weighted by Crippen LogP contribution is 2.22. The number of piperazine rings is 1.